The number of benzene rings is 2. The van der Waals surface area contributed by atoms with Crippen LogP contribution in [0.5, 0.6) is 5.75 Å². The van der Waals surface area contributed by atoms with E-state index in [1.807, 2.05) is 0 Å². The lowest BCUT2D eigenvalue weighted by atomic mass is 10.3. The van der Waals surface area contributed by atoms with Gasteiger partial charge in [-0.3, -0.25) is 4.72 Å². The molecule has 0 unspecified atom stereocenters. The van der Waals surface area contributed by atoms with Crippen LogP contribution in [0.25, 0.3) is 0 Å². The first-order valence-corrected chi connectivity index (χ1v) is 8.04. The molecule has 2 aromatic rings. The fraction of sp³-hybridized carbons (Fsp3) is 0.200. The zero-order chi connectivity index (χ0) is 14.7. The number of hydrogen-bond donors (Lipinski definition) is 1. The van der Waals surface area contributed by atoms with Gasteiger partial charge >= 0.3 is 0 Å². The van der Waals surface area contributed by atoms with E-state index in [1.165, 1.54) is 0 Å². The van der Waals surface area contributed by atoms with Crippen molar-refractivity contribution >= 4 is 15.7 Å². The predicted molar refractivity (Wildman–Crippen MR) is 78.9 cm³/mol. The largest absolute Gasteiger partial charge is 0.491 e. The first kappa shape index (κ1) is 13.9. The zero-order valence-electron chi connectivity index (χ0n) is 11.2. The highest BCUT2D eigenvalue weighted by Crippen LogP contribution is 2.20. The summed E-state index contributed by atoms with van der Waals surface area (Å²) >= 11 is 0. The molecule has 110 valence electrons. The highest BCUT2D eigenvalue weighted by atomic mass is 32.2. The Labute approximate surface area is 123 Å². The minimum Gasteiger partial charge on any atom is -0.491 e. The molecule has 0 aromatic heterocycles. The van der Waals surface area contributed by atoms with Crippen molar-refractivity contribution in [3.8, 4) is 5.75 Å². The maximum atomic E-state index is 12.2. The summed E-state index contributed by atoms with van der Waals surface area (Å²) in [4.78, 5) is 0.233. The average Bonchev–Trinajstić information content (AvgIpc) is 3.31. The van der Waals surface area contributed by atoms with Crippen molar-refractivity contribution in [2.75, 3.05) is 17.9 Å². The van der Waals surface area contributed by atoms with E-state index in [-0.39, 0.29) is 11.0 Å². The number of sulfonamides is 1. The summed E-state index contributed by atoms with van der Waals surface area (Å²) in [7, 11) is -3.55. The van der Waals surface area contributed by atoms with Crippen LogP contribution >= 0.6 is 0 Å². The SMILES string of the molecule is O=S(=O)(Nc1ccc(OC[C@H]2CO2)cc1)c1ccccc1. The first-order valence-electron chi connectivity index (χ1n) is 6.56. The molecular weight excluding hydrogens is 290 g/mol. The number of nitrogens with one attached hydrogen (secondary N) is 1. The molecule has 3 rings (SSSR count). The van der Waals surface area contributed by atoms with Gasteiger partial charge in [-0.2, -0.15) is 0 Å². The highest BCUT2D eigenvalue weighted by Gasteiger charge is 2.23. The van der Waals surface area contributed by atoms with Crippen molar-refractivity contribution in [2.45, 2.75) is 11.0 Å². The van der Waals surface area contributed by atoms with Gasteiger partial charge in [-0.15, -0.1) is 0 Å². The smallest absolute Gasteiger partial charge is 0.261 e. The van der Waals surface area contributed by atoms with Gasteiger partial charge in [0.1, 0.15) is 18.5 Å². The lowest BCUT2D eigenvalue weighted by Gasteiger charge is -2.09. The van der Waals surface area contributed by atoms with Gasteiger partial charge in [-0.1, -0.05) is 18.2 Å². The van der Waals surface area contributed by atoms with Crippen molar-refractivity contribution in [1.29, 1.82) is 0 Å². The van der Waals surface area contributed by atoms with Crippen molar-refractivity contribution in [3.05, 3.63) is 54.6 Å². The van der Waals surface area contributed by atoms with Gasteiger partial charge in [0.05, 0.1) is 11.5 Å². The number of rotatable bonds is 6. The molecule has 1 atom stereocenters. The molecule has 0 spiro atoms. The second-order valence-corrected chi connectivity index (χ2v) is 6.39. The third-order valence-corrected chi connectivity index (χ3v) is 4.40. The molecular formula is C15H15NO4S. The van der Waals surface area contributed by atoms with E-state index in [4.69, 9.17) is 9.47 Å². The molecule has 2 aromatic carbocycles. The Morgan fingerprint density at radius 1 is 1.10 bits per heavy atom. The Bertz CT molecular complexity index is 694. The van der Waals surface area contributed by atoms with E-state index in [9.17, 15) is 8.42 Å². The van der Waals surface area contributed by atoms with Gasteiger partial charge in [0.25, 0.3) is 10.0 Å². The van der Waals surface area contributed by atoms with Crippen LogP contribution in [-0.4, -0.2) is 27.7 Å². The van der Waals surface area contributed by atoms with E-state index in [1.54, 1.807) is 54.6 Å². The summed E-state index contributed by atoms with van der Waals surface area (Å²) in [5, 5.41) is 0. The monoisotopic (exact) mass is 305 g/mol. The molecule has 0 bridgehead atoms. The molecule has 0 saturated carbocycles. The van der Waals surface area contributed by atoms with E-state index < -0.39 is 10.0 Å². The third-order valence-electron chi connectivity index (χ3n) is 3.00. The van der Waals surface area contributed by atoms with E-state index >= 15 is 0 Å². The Hall–Kier alpha value is -2.05. The molecule has 1 aliphatic heterocycles. The van der Waals surface area contributed by atoms with Crippen LogP contribution < -0.4 is 9.46 Å². The number of hydrogen-bond acceptors (Lipinski definition) is 4. The standard InChI is InChI=1S/C15H15NO4S/c17-21(18,15-4-2-1-3-5-15)16-12-6-8-13(9-7-12)19-10-14-11-20-14/h1-9,14,16H,10-11H2/t14-/m0/s1. The normalized spacial score (nSPS) is 17.2. The molecule has 21 heavy (non-hydrogen) atoms. The summed E-state index contributed by atoms with van der Waals surface area (Å²) in [6, 6.07) is 15.0. The van der Waals surface area contributed by atoms with Gasteiger partial charge < -0.3 is 9.47 Å². The Morgan fingerprint density at radius 3 is 2.38 bits per heavy atom. The van der Waals surface area contributed by atoms with Crippen LogP contribution in [0.4, 0.5) is 5.69 Å². The van der Waals surface area contributed by atoms with Crippen LogP contribution in [0, 0.1) is 0 Å². The molecule has 0 aliphatic carbocycles. The first-order chi connectivity index (χ1) is 10.1. The van der Waals surface area contributed by atoms with Gasteiger partial charge in [-0.05, 0) is 36.4 Å². The maximum absolute atomic E-state index is 12.2. The number of ether oxygens (including phenoxy) is 2. The number of anilines is 1. The lowest BCUT2D eigenvalue weighted by Crippen LogP contribution is -2.12. The molecule has 6 heteroatoms. The Morgan fingerprint density at radius 2 is 1.76 bits per heavy atom. The molecule has 0 amide bonds. The molecule has 1 saturated heterocycles. The van der Waals surface area contributed by atoms with Crippen LogP contribution in [0.3, 0.4) is 0 Å². The summed E-state index contributed by atoms with van der Waals surface area (Å²) in [5.41, 5.74) is 0.494. The average molecular weight is 305 g/mol. The van der Waals surface area contributed by atoms with Gasteiger partial charge in [0.15, 0.2) is 0 Å². The molecule has 5 nitrogen and oxygen atoms in total. The Balaban J connectivity index is 1.66. The minimum absolute atomic E-state index is 0.196. The molecule has 1 heterocycles. The van der Waals surface area contributed by atoms with Crippen molar-refractivity contribution in [3.63, 3.8) is 0 Å². The van der Waals surface area contributed by atoms with Crippen LogP contribution in [0.2, 0.25) is 0 Å². The van der Waals surface area contributed by atoms with Crippen molar-refractivity contribution in [2.24, 2.45) is 0 Å². The molecule has 1 aliphatic rings. The summed E-state index contributed by atoms with van der Waals surface area (Å²) in [6.45, 7) is 1.27. The van der Waals surface area contributed by atoms with E-state index in [2.05, 4.69) is 4.72 Å². The second-order valence-electron chi connectivity index (χ2n) is 4.71. The third kappa shape index (κ3) is 3.74. The Kier molecular flexibility index (Phi) is 3.81. The summed E-state index contributed by atoms with van der Waals surface area (Å²) in [6.07, 6.45) is 0.196. The van der Waals surface area contributed by atoms with Crippen LogP contribution in [0.1, 0.15) is 0 Å². The maximum Gasteiger partial charge on any atom is 0.261 e. The topological polar surface area (TPSA) is 67.9 Å². The van der Waals surface area contributed by atoms with Crippen molar-refractivity contribution in [1.82, 2.24) is 0 Å². The van der Waals surface area contributed by atoms with Gasteiger partial charge in [0, 0.05) is 5.69 Å². The fourth-order valence-corrected chi connectivity index (χ4v) is 2.87. The fourth-order valence-electron chi connectivity index (χ4n) is 1.79. The predicted octanol–water partition coefficient (Wildman–Crippen LogP) is 2.27. The molecule has 0 radical (unpaired) electrons. The van der Waals surface area contributed by atoms with Crippen LogP contribution in [-0.2, 0) is 14.8 Å². The van der Waals surface area contributed by atoms with Gasteiger partial charge in [0.2, 0.25) is 0 Å². The number of epoxide rings is 1. The van der Waals surface area contributed by atoms with E-state index in [0.29, 0.717) is 18.0 Å². The quantitative estimate of drug-likeness (QED) is 0.831. The van der Waals surface area contributed by atoms with Crippen LogP contribution in [0.15, 0.2) is 59.5 Å². The van der Waals surface area contributed by atoms with Crippen molar-refractivity contribution < 1.29 is 17.9 Å². The van der Waals surface area contributed by atoms with Gasteiger partial charge in [-0.25, -0.2) is 8.42 Å². The zero-order valence-corrected chi connectivity index (χ0v) is 12.0. The second kappa shape index (κ2) is 5.75. The molecule has 1 N–H and O–H groups in total. The minimum atomic E-state index is -3.55. The summed E-state index contributed by atoms with van der Waals surface area (Å²) < 4.78 is 37.4. The molecule has 1 fully saturated rings. The lowest BCUT2D eigenvalue weighted by molar-refractivity contribution is 0.263. The highest BCUT2D eigenvalue weighted by molar-refractivity contribution is 7.92. The summed E-state index contributed by atoms with van der Waals surface area (Å²) in [5.74, 6) is 0.688. The van der Waals surface area contributed by atoms with E-state index in [0.717, 1.165) is 6.61 Å².